The third kappa shape index (κ3) is 13.2. The average molecular weight is 343 g/mol. The normalized spacial score (nSPS) is 17.2. The van der Waals surface area contributed by atoms with Gasteiger partial charge in [-0.2, -0.15) is 0 Å². The molecule has 0 amide bonds. The third-order valence-electron chi connectivity index (χ3n) is 4.91. The van der Waals surface area contributed by atoms with Gasteiger partial charge in [0.15, 0.2) is 6.29 Å². The summed E-state index contributed by atoms with van der Waals surface area (Å²) in [6, 6.07) is 0. The topological polar surface area (TPSA) is 27.7 Å². The molecule has 24 heavy (non-hydrogen) atoms. The van der Waals surface area contributed by atoms with E-state index in [9.17, 15) is 0 Å². The Morgan fingerprint density at radius 2 is 1.38 bits per heavy atom. The van der Waals surface area contributed by atoms with Gasteiger partial charge in [-0.1, -0.05) is 77.6 Å². The maximum absolute atomic E-state index is 5.92. The number of rotatable bonds is 16. The lowest BCUT2D eigenvalue weighted by Gasteiger charge is -2.25. The molecule has 144 valence electrons. The molecular weight excluding hydrogens is 300 g/mol. The van der Waals surface area contributed by atoms with Crippen molar-refractivity contribution in [2.75, 3.05) is 19.8 Å². The quantitative estimate of drug-likeness (QED) is 0.245. The van der Waals surface area contributed by atoms with E-state index in [0.717, 1.165) is 6.61 Å². The molecule has 1 fully saturated rings. The minimum atomic E-state index is -0.0931. The lowest BCUT2D eigenvalue weighted by atomic mass is 9.98. The summed E-state index contributed by atoms with van der Waals surface area (Å²) in [5.41, 5.74) is 0. The number of ether oxygens (including phenoxy) is 3. The Morgan fingerprint density at radius 1 is 0.750 bits per heavy atom. The SMILES string of the molecule is CCCCCCCCCCCOCCOC(C)OC1CCCCC1. The summed E-state index contributed by atoms with van der Waals surface area (Å²) in [6.07, 6.45) is 18.9. The van der Waals surface area contributed by atoms with Crippen LogP contribution in [0.1, 0.15) is 104 Å². The first-order valence-corrected chi connectivity index (χ1v) is 10.7. The molecule has 1 atom stereocenters. The van der Waals surface area contributed by atoms with Crippen LogP contribution in [0.2, 0.25) is 0 Å². The highest BCUT2D eigenvalue weighted by Gasteiger charge is 2.16. The predicted molar refractivity (Wildman–Crippen MR) is 101 cm³/mol. The van der Waals surface area contributed by atoms with Crippen LogP contribution >= 0.6 is 0 Å². The molecule has 1 aliphatic rings. The molecule has 0 aromatic carbocycles. The molecule has 0 aliphatic heterocycles. The zero-order valence-corrected chi connectivity index (χ0v) is 16.4. The van der Waals surface area contributed by atoms with E-state index < -0.39 is 0 Å². The van der Waals surface area contributed by atoms with Crippen molar-refractivity contribution >= 4 is 0 Å². The van der Waals surface area contributed by atoms with Gasteiger partial charge in [-0.3, -0.25) is 0 Å². The van der Waals surface area contributed by atoms with Crippen molar-refractivity contribution in [2.24, 2.45) is 0 Å². The molecule has 0 N–H and O–H groups in total. The highest BCUT2D eigenvalue weighted by atomic mass is 16.7. The standard InChI is InChI=1S/C21H42O3/c1-3-4-5-6-7-8-9-10-14-17-22-18-19-23-20(2)24-21-15-12-11-13-16-21/h20-21H,3-19H2,1-2H3. The minimum absolute atomic E-state index is 0.0931. The summed E-state index contributed by atoms with van der Waals surface area (Å²) in [5.74, 6) is 0. The summed E-state index contributed by atoms with van der Waals surface area (Å²) in [4.78, 5) is 0. The lowest BCUT2D eigenvalue weighted by Crippen LogP contribution is -2.25. The van der Waals surface area contributed by atoms with E-state index in [2.05, 4.69) is 6.92 Å². The van der Waals surface area contributed by atoms with Gasteiger partial charge in [-0.25, -0.2) is 0 Å². The van der Waals surface area contributed by atoms with E-state index in [1.807, 2.05) is 6.92 Å². The van der Waals surface area contributed by atoms with Gasteiger partial charge in [0.25, 0.3) is 0 Å². The molecule has 0 radical (unpaired) electrons. The van der Waals surface area contributed by atoms with Crippen LogP contribution in [-0.4, -0.2) is 32.2 Å². The molecule has 1 rings (SSSR count). The third-order valence-corrected chi connectivity index (χ3v) is 4.91. The highest BCUT2D eigenvalue weighted by molar-refractivity contribution is 4.65. The molecule has 3 nitrogen and oxygen atoms in total. The number of unbranched alkanes of at least 4 members (excludes halogenated alkanes) is 8. The summed E-state index contributed by atoms with van der Waals surface area (Å²) >= 11 is 0. The van der Waals surface area contributed by atoms with Crippen LogP contribution in [0.25, 0.3) is 0 Å². The van der Waals surface area contributed by atoms with Crippen molar-refractivity contribution in [3.63, 3.8) is 0 Å². The zero-order chi connectivity index (χ0) is 17.3. The Kier molecular flexibility index (Phi) is 14.9. The van der Waals surface area contributed by atoms with Crippen molar-refractivity contribution in [3.05, 3.63) is 0 Å². The van der Waals surface area contributed by atoms with Gasteiger partial charge in [0, 0.05) is 6.61 Å². The van der Waals surface area contributed by atoms with Crippen molar-refractivity contribution in [1.82, 2.24) is 0 Å². The van der Waals surface area contributed by atoms with Crippen LogP contribution in [0.15, 0.2) is 0 Å². The second-order valence-electron chi connectivity index (χ2n) is 7.28. The first-order valence-electron chi connectivity index (χ1n) is 10.7. The van der Waals surface area contributed by atoms with Crippen LogP contribution in [0.5, 0.6) is 0 Å². The maximum Gasteiger partial charge on any atom is 0.155 e. The Balaban J connectivity index is 1.75. The predicted octanol–water partition coefficient (Wildman–Crippen LogP) is 6.25. The number of hydrogen-bond acceptors (Lipinski definition) is 3. The molecule has 0 bridgehead atoms. The summed E-state index contributed by atoms with van der Waals surface area (Å²) < 4.78 is 17.3. The monoisotopic (exact) mass is 342 g/mol. The van der Waals surface area contributed by atoms with Crippen LogP contribution in [0, 0.1) is 0 Å². The second-order valence-corrected chi connectivity index (χ2v) is 7.28. The van der Waals surface area contributed by atoms with E-state index >= 15 is 0 Å². The molecular formula is C21H42O3. The van der Waals surface area contributed by atoms with E-state index in [1.165, 1.54) is 89.9 Å². The fourth-order valence-corrected chi connectivity index (χ4v) is 3.40. The fraction of sp³-hybridized carbons (Fsp3) is 1.00. The average Bonchev–Trinajstić information content (AvgIpc) is 2.60. The largest absolute Gasteiger partial charge is 0.379 e. The maximum atomic E-state index is 5.92. The molecule has 0 saturated heterocycles. The highest BCUT2D eigenvalue weighted by Crippen LogP contribution is 2.21. The molecule has 1 saturated carbocycles. The van der Waals surface area contributed by atoms with Crippen LogP contribution < -0.4 is 0 Å². The van der Waals surface area contributed by atoms with Crippen molar-refractivity contribution in [1.29, 1.82) is 0 Å². The first-order chi connectivity index (χ1) is 11.8. The van der Waals surface area contributed by atoms with Gasteiger partial charge in [0.2, 0.25) is 0 Å². The Bertz CT molecular complexity index is 251. The zero-order valence-electron chi connectivity index (χ0n) is 16.4. The van der Waals surface area contributed by atoms with Gasteiger partial charge in [-0.05, 0) is 26.2 Å². The Labute approximate surface area is 150 Å². The van der Waals surface area contributed by atoms with E-state index in [-0.39, 0.29) is 6.29 Å². The van der Waals surface area contributed by atoms with Crippen molar-refractivity contribution in [2.45, 2.75) is 116 Å². The fourth-order valence-electron chi connectivity index (χ4n) is 3.40. The van der Waals surface area contributed by atoms with Gasteiger partial charge in [0.1, 0.15) is 0 Å². The van der Waals surface area contributed by atoms with E-state index in [4.69, 9.17) is 14.2 Å². The first kappa shape index (κ1) is 21.9. The van der Waals surface area contributed by atoms with Crippen LogP contribution in [0.4, 0.5) is 0 Å². The van der Waals surface area contributed by atoms with Crippen LogP contribution in [0.3, 0.4) is 0 Å². The molecule has 1 unspecified atom stereocenters. The van der Waals surface area contributed by atoms with E-state index in [1.54, 1.807) is 0 Å². The van der Waals surface area contributed by atoms with Gasteiger partial charge < -0.3 is 14.2 Å². The van der Waals surface area contributed by atoms with E-state index in [0.29, 0.717) is 19.3 Å². The minimum Gasteiger partial charge on any atom is -0.379 e. The van der Waals surface area contributed by atoms with Gasteiger partial charge in [-0.15, -0.1) is 0 Å². The molecule has 0 aromatic rings. The summed E-state index contributed by atoms with van der Waals surface area (Å²) in [6.45, 7) is 6.49. The van der Waals surface area contributed by atoms with Gasteiger partial charge in [0.05, 0.1) is 19.3 Å². The number of hydrogen-bond donors (Lipinski definition) is 0. The second kappa shape index (κ2) is 16.4. The summed E-state index contributed by atoms with van der Waals surface area (Å²) in [5, 5.41) is 0. The lowest BCUT2D eigenvalue weighted by molar-refractivity contribution is -0.172. The Hall–Kier alpha value is -0.120. The molecule has 0 heterocycles. The van der Waals surface area contributed by atoms with Crippen molar-refractivity contribution < 1.29 is 14.2 Å². The smallest absolute Gasteiger partial charge is 0.155 e. The molecule has 3 heteroatoms. The molecule has 0 aromatic heterocycles. The van der Waals surface area contributed by atoms with Crippen LogP contribution in [-0.2, 0) is 14.2 Å². The molecule has 0 spiro atoms. The van der Waals surface area contributed by atoms with Gasteiger partial charge >= 0.3 is 0 Å². The summed E-state index contributed by atoms with van der Waals surface area (Å²) in [7, 11) is 0. The molecule has 1 aliphatic carbocycles. The van der Waals surface area contributed by atoms with Crippen molar-refractivity contribution in [3.8, 4) is 0 Å². The Morgan fingerprint density at radius 3 is 2.04 bits per heavy atom.